The predicted molar refractivity (Wildman–Crippen MR) is 69.5 cm³/mol. The minimum absolute atomic E-state index is 0.0743. The van der Waals surface area contributed by atoms with E-state index in [4.69, 9.17) is 9.47 Å². The van der Waals surface area contributed by atoms with E-state index < -0.39 is 24.0 Å². The van der Waals surface area contributed by atoms with Crippen molar-refractivity contribution in [2.75, 3.05) is 0 Å². The smallest absolute Gasteiger partial charge is 0.266 e. The van der Waals surface area contributed by atoms with Gasteiger partial charge in [-0.05, 0) is 31.2 Å². The second-order valence-corrected chi connectivity index (χ2v) is 4.21. The molecule has 1 unspecified atom stereocenters. The number of hydrogen-bond acceptors (Lipinski definition) is 3. The van der Waals surface area contributed by atoms with E-state index in [1.54, 1.807) is 12.1 Å². The zero-order valence-electron chi connectivity index (χ0n) is 10.8. The van der Waals surface area contributed by atoms with Gasteiger partial charge in [-0.3, -0.25) is 0 Å². The van der Waals surface area contributed by atoms with Crippen LogP contribution in [-0.4, -0.2) is 17.5 Å². The SMILES string of the molecule is CC(O)C(Oc1ccccc1F)Oc1ccccc1F. The van der Waals surface area contributed by atoms with Crippen LogP contribution in [0.1, 0.15) is 6.92 Å². The third kappa shape index (κ3) is 3.45. The fourth-order valence-corrected chi connectivity index (χ4v) is 1.55. The summed E-state index contributed by atoms with van der Waals surface area (Å²) in [5, 5.41) is 9.62. The van der Waals surface area contributed by atoms with E-state index in [-0.39, 0.29) is 11.5 Å². The third-order valence-corrected chi connectivity index (χ3v) is 2.55. The van der Waals surface area contributed by atoms with Gasteiger partial charge < -0.3 is 14.6 Å². The molecule has 0 amide bonds. The predicted octanol–water partition coefficient (Wildman–Crippen LogP) is 3.13. The van der Waals surface area contributed by atoms with Crippen molar-refractivity contribution in [1.29, 1.82) is 0 Å². The van der Waals surface area contributed by atoms with Gasteiger partial charge in [-0.2, -0.15) is 0 Å². The zero-order valence-corrected chi connectivity index (χ0v) is 10.8. The first-order chi connectivity index (χ1) is 9.58. The second-order valence-electron chi connectivity index (χ2n) is 4.21. The van der Waals surface area contributed by atoms with Crippen LogP contribution in [0.25, 0.3) is 0 Å². The topological polar surface area (TPSA) is 38.7 Å². The lowest BCUT2D eigenvalue weighted by molar-refractivity contribution is -0.0809. The van der Waals surface area contributed by atoms with E-state index in [0.29, 0.717) is 0 Å². The summed E-state index contributed by atoms with van der Waals surface area (Å²) in [4.78, 5) is 0. The molecule has 0 aliphatic heterocycles. The Morgan fingerprint density at radius 3 is 1.60 bits per heavy atom. The van der Waals surface area contributed by atoms with Gasteiger partial charge in [-0.15, -0.1) is 0 Å². The average Bonchev–Trinajstić information content (AvgIpc) is 2.42. The lowest BCUT2D eigenvalue weighted by Crippen LogP contribution is -2.35. The molecule has 0 radical (unpaired) electrons. The Morgan fingerprint density at radius 2 is 1.25 bits per heavy atom. The van der Waals surface area contributed by atoms with Crippen molar-refractivity contribution < 1.29 is 23.4 Å². The second kappa shape index (κ2) is 6.34. The van der Waals surface area contributed by atoms with E-state index >= 15 is 0 Å². The van der Waals surface area contributed by atoms with Crippen molar-refractivity contribution in [3.05, 3.63) is 60.2 Å². The number of ether oxygens (including phenoxy) is 2. The fraction of sp³-hybridized carbons (Fsp3) is 0.200. The van der Waals surface area contributed by atoms with Gasteiger partial charge in [0, 0.05) is 0 Å². The van der Waals surface area contributed by atoms with Gasteiger partial charge in [0.1, 0.15) is 6.10 Å². The number of aliphatic hydroxyl groups is 1. The van der Waals surface area contributed by atoms with E-state index in [0.717, 1.165) is 0 Å². The van der Waals surface area contributed by atoms with E-state index in [9.17, 15) is 13.9 Å². The first kappa shape index (κ1) is 14.3. The maximum Gasteiger partial charge on any atom is 0.266 e. The van der Waals surface area contributed by atoms with Crippen molar-refractivity contribution >= 4 is 0 Å². The Labute approximate surface area is 115 Å². The number of aliphatic hydroxyl groups excluding tert-OH is 1. The third-order valence-electron chi connectivity index (χ3n) is 2.55. The molecule has 20 heavy (non-hydrogen) atoms. The van der Waals surface area contributed by atoms with Crippen molar-refractivity contribution in [2.24, 2.45) is 0 Å². The van der Waals surface area contributed by atoms with Crippen LogP contribution in [0, 0.1) is 11.6 Å². The first-order valence-electron chi connectivity index (χ1n) is 6.08. The highest BCUT2D eigenvalue weighted by molar-refractivity contribution is 5.25. The average molecular weight is 280 g/mol. The zero-order chi connectivity index (χ0) is 14.5. The van der Waals surface area contributed by atoms with Gasteiger partial charge in [0.15, 0.2) is 23.1 Å². The summed E-state index contributed by atoms with van der Waals surface area (Å²) < 4.78 is 37.5. The minimum Gasteiger partial charge on any atom is -0.449 e. The summed E-state index contributed by atoms with van der Waals surface area (Å²) in [7, 11) is 0. The van der Waals surface area contributed by atoms with Gasteiger partial charge >= 0.3 is 0 Å². The number of benzene rings is 2. The summed E-state index contributed by atoms with van der Waals surface area (Å²) in [5.41, 5.74) is 0. The molecule has 0 bridgehead atoms. The van der Waals surface area contributed by atoms with Gasteiger partial charge in [0.2, 0.25) is 0 Å². The molecule has 2 rings (SSSR count). The van der Waals surface area contributed by atoms with Gasteiger partial charge in [0.05, 0.1) is 0 Å². The van der Waals surface area contributed by atoms with Crippen LogP contribution in [0.15, 0.2) is 48.5 Å². The van der Waals surface area contributed by atoms with Crippen LogP contribution >= 0.6 is 0 Å². The Balaban J connectivity index is 2.16. The summed E-state index contributed by atoms with van der Waals surface area (Å²) >= 11 is 0. The molecule has 0 aliphatic rings. The largest absolute Gasteiger partial charge is 0.449 e. The summed E-state index contributed by atoms with van der Waals surface area (Å²) in [6.07, 6.45) is -2.29. The molecule has 0 saturated heterocycles. The van der Waals surface area contributed by atoms with Crippen molar-refractivity contribution in [3.63, 3.8) is 0 Å². The van der Waals surface area contributed by atoms with Crippen LogP contribution in [0.2, 0.25) is 0 Å². The maximum absolute atomic E-state index is 13.5. The molecular weight excluding hydrogens is 266 g/mol. The summed E-state index contributed by atoms with van der Waals surface area (Å²) in [6, 6.07) is 11.4. The molecule has 3 nitrogen and oxygen atoms in total. The number of halogens is 2. The van der Waals surface area contributed by atoms with Crippen LogP contribution in [-0.2, 0) is 0 Å². The Morgan fingerprint density at radius 1 is 0.850 bits per heavy atom. The fourth-order valence-electron chi connectivity index (χ4n) is 1.55. The van der Waals surface area contributed by atoms with Crippen LogP contribution in [0.5, 0.6) is 11.5 Å². The molecule has 5 heteroatoms. The number of para-hydroxylation sites is 2. The number of rotatable bonds is 5. The molecule has 0 fully saturated rings. The van der Waals surface area contributed by atoms with Crippen molar-refractivity contribution in [3.8, 4) is 11.5 Å². The first-order valence-corrected chi connectivity index (χ1v) is 6.08. The van der Waals surface area contributed by atoms with Gasteiger partial charge in [-0.1, -0.05) is 24.3 Å². The number of hydrogen-bond donors (Lipinski definition) is 1. The highest BCUT2D eigenvalue weighted by Gasteiger charge is 2.21. The molecular formula is C15H14F2O3. The molecule has 2 aromatic rings. The van der Waals surface area contributed by atoms with Crippen LogP contribution < -0.4 is 9.47 Å². The van der Waals surface area contributed by atoms with Crippen molar-refractivity contribution in [2.45, 2.75) is 19.3 Å². The Hall–Kier alpha value is -2.14. The molecule has 2 aromatic carbocycles. The molecule has 0 heterocycles. The molecule has 106 valence electrons. The highest BCUT2D eigenvalue weighted by atomic mass is 19.1. The van der Waals surface area contributed by atoms with Crippen molar-refractivity contribution in [1.82, 2.24) is 0 Å². The monoisotopic (exact) mass is 280 g/mol. The van der Waals surface area contributed by atoms with Crippen LogP contribution in [0.3, 0.4) is 0 Å². The van der Waals surface area contributed by atoms with Gasteiger partial charge in [-0.25, -0.2) is 8.78 Å². The molecule has 0 spiro atoms. The summed E-state index contributed by atoms with van der Waals surface area (Å²) in [5.74, 6) is -1.32. The molecule has 0 saturated carbocycles. The molecule has 0 aliphatic carbocycles. The maximum atomic E-state index is 13.5. The lowest BCUT2D eigenvalue weighted by Gasteiger charge is -2.23. The van der Waals surface area contributed by atoms with Crippen LogP contribution in [0.4, 0.5) is 8.78 Å². The molecule has 0 aromatic heterocycles. The highest BCUT2D eigenvalue weighted by Crippen LogP contribution is 2.22. The quantitative estimate of drug-likeness (QED) is 0.855. The van der Waals surface area contributed by atoms with E-state index in [2.05, 4.69) is 0 Å². The Bertz CT molecular complexity index is 525. The molecule has 1 atom stereocenters. The normalized spacial score (nSPS) is 12.2. The summed E-state index contributed by atoms with van der Waals surface area (Å²) in [6.45, 7) is 1.41. The van der Waals surface area contributed by atoms with Gasteiger partial charge in [0.25, 0.3) is 6.29 Å². The van der Waals surface area contributed by atoms with E-state index in [1.807, 2.05) is 0 Å². The standard InChI is InChI=1S/C15H14F2O3/c1-10(18)15(19-13-8-4-2-6-11(13)16)20-14-9-5-3-7-12(14)17/h2-10,15,18H,1H3. The van der Waals surface area contributed by atoms with E-state index in [1.165, 1.54) is 43.3 Å². The molecule has 1 N–H and O–H groups in total. The lowest BCUT2D eigenvalue weighted by atomic mass is 10.3. The Kier molecular flexibility index (Phi) is 4.53. The minimum atomic E-state index is -1.22.